The zero-order chi connectivity index (χ0) is 17.4. The van der Waals surface area contributed by atoms with Crippen molar-refractivity contribution < 1.29 is 8.78 Å². The summed E-state index contributed by atoms with van der Waals surface area (Å²) in [7, 11) is 0. The number of nitrogens with two attached hydrogens (primary N) is 1. The van der Waals surface area contributed by atoms with E-state index < -0.39 is 5.82 Å². The van der Waals surface area contributed by atoms with Gasteiger partial charge in [-0.2, -0.15) is 10.1 Å². The lowest BCUT2D eigenvalue weighted by Gasteiger charge is -2.00. The summed E-state index contributed by atoms with van der Waals surface area (Å²) in [5.74, 6) is -0.486. The third-order valence-electron chi connectivity index (χ3n) is 3.74. The number of nitrogens with zero attached hydrogens (tertiary/aromatic N) is 3. The lowest BCUT2D eigenvalue weighted by Crippen LogP contribution is -1.88. The van der Waals surface area contributed by atoms with Gasteiger partial charge in [-0.1, -0.05) is 18.2 Å². The minimum Gasteiger partial charge on any atom is -0.366 e. The fraction of sp³-hybridized carbons (Fsp3) is 0. The Labute approximate surface area is 140 Å². The molecule has 4 aromatic rings. The van der Waals surface area contributed by atoms with Crippen LogP contribution in [0.3, 0.4) is 0 Å². The average molecular weight is 338 g/mol. The second-order valence-corrected chi connectivity index (χ2v) is 5.41. The van der Waals surface area contributed by atoms with Gasteiger partial charge in [-0.15, -0.1) is 5.10 Å². The minimum atomic E-state index is -0.471. The third kappa shape index (κ3) is 2.85. The molecule has 25 heavy (non-hydrogen) atoms. The first-order valence-corrected chi connectivity index (χ1v) is 7.40. The molecule has 4 N–H and O–H groups in total. The summed E-state index contributed by atoms with van der Waals surface area (Å²) in [4.78, 5) is 3.95. The van der Waals surface area contributed by atoms with E-state index in [1.54, 1.807) is 30.4 Å². The molecule has 0 aliphatic carbocycles. The van der Waals surface area contributed by atoms with E-state index in [1.165, 1.54) is 18.2 Å². The molecule has 0 fully saturated rings. The highest BCUT2D eigenvalue weighted by atomic mass is 19.1. The Morgan fingerprint density at radius 3 is 2.48 bits per heavy atom. The first kappa shape index (κ1) is 15.0. The SMILES string of the molecule is Nc1n[nH]c(-c2cc3c(C=Cc4ccc(F)cc4)n[nH]c3cc2F)n1. The lowest BCUT2D eigenvalue weighted by atomic mass is 10.1. The Hall–Kier alpha value is -3.55. The Kier molecular flexibility index (Phi) is 3.50. The quantitative estimate of drug-likeness (QED) is 0.533. The zero-order valence-corrected chi connectivity index (χ0v) is 12.8. The summed E-state index contributed by atoms with van der Waals surface area (Å²) >= 11 is 0. The minimum absolute atomic E-state index is 0.0399. The molecule has 0 atom stereocenters. The van der Waals surface area contributed by atoms with E-state index in [0.29, 0.717) is 16.6 Å². The average Bonchev–Trinajstić information content (AvgIpc) is 3.19. The summed E-state index contributed by atoms with van der Waals surface area (Å²) in [5.41, 5.74) is 7.71. The predicted octanol–water partition coefficient (Wildman–Crippen LogP) is 3.38. The van der Waals surface area contributed by atoms with Crippen molar-refractivity contribution in [1.29, 1.82) is 0 Å². The number of rotatable bonds is 3. The van der Waals surface area contributed by atoms with Gasteiger partial charge in [-0.3, -0.25) is 10.2 Å². The van der Waals surface area contributed by atoms with Crippen molar-refractivity contribution in [2.45, 2.75) is 0 Å². The Morgan fingerprint density at radius 2 is 1.76 bits per heavy atom. The van der Waals surface area contributed by atoms with Crippen molar-refractivity contribution in [2.75, 3.05) is 5.73 Å². The van der Waals surface area contributed by atoms with Crippen molar-refractivity contribution in [3.05, 3.63) is 59.3 Å². The molecule has 8 heteroatoms. The topological polar surface area (TPSA) is 96.3 Å². The monoisotopic (exact) mass is 338 g/mol. The van der Waals surface area contributed by atoms with Gasteiger partial charge in [0.1, 0.15) is 11.6 Å². The van der Waals surface area contributed by atoms with E-state index in [-0.39, 0.29) is 23.2 Å². The van der Waals surface area contributed by atoms with Crippen LogP contribution in [0.1, 0.15) is 11.3 Å². The molecule has 0 saturated heterocycles. The molecule has 6 nitrogen and oxygen atoms in total. The van der Waals surface area contributed by atoms with Gasteiger partial charge in [-0.25, -0.2) is 8.78 Å². The van der Waals surface area contributed by atoms with Gasteiger partial charge in [0, 0.05) is 11.5 Å². The molecule has 4 rings (SSSR count). The molecule has 2 heterocycles. The van der Waals surface area contributed by atoms with E-state index in [0.717, 1.165) is 5.56 Å². The second kappa shape index (κ2) is 5.82. The molecule has 2 aromatic carbocycles. The van der Waals surface area contributed by atoms with Crippen LogP contribution < -0.4 is 5.73 Å². The number of halogens is 2. The van der Waals surface area contributed by atoms with Gasteiger partial charge in [-0.05, 0) is 29.8 Å². The number of nitrogens with one attached hydrogen (secondary N) is 2. The van der Waals surface area contributed by atoms with Gasteiger partial charge in [0.2, 0.25) is 5.95 Å². The van der Waals surface area contributed by atoms with Crippen LogP contribution in [0.4, 0.5) is 14.7 Å². The van der Waals surface area contributed by atoms with Gasteiger partial charge >= 0.3 is 0 Å². The number of benzene rings is 2. The van der Waals surface area contributed by atoms with Crippen LogP contribution in [0.25, 0.3) is 34.4 Å². The number of H-pyrrole nitrogens is 2. The molecular formula is C17H12F2N6. The molecule has 124 valence electrons. The third-order valence-corrected chi connectivity index (χ3v) is 3.74. The van der Waals surface area contributed by atoms with Gasteiger partial charge < -0.3 is 5.73 Å². The highest BCUT2D eigenvalue weighted by Crippen LogP contribution is 2.27. The Morgan fingerprint density at radius 1 is 0.960 bits per heavy atom. The number of fused-ring (bicyclic) bond motifs is 1. The summed E-state index contributed by atoms with van der Waals surface area (Å²) in [6.45, 7) is 0. The van der Waals surface area contributed by atoms with Crippen molar-refractivity contribution in [3.8, 4) is 11.4 Å². The predicted molar refractivity (Wildman–Crippen MR) is 91.2 cm³/mol. The number of nitrogen functional groups attached to an aromatic ring is 1. The molecular weight excluding hydrogens is 326 g/mol. The summed E-state index contributed by atoms with van der Waals surface area (Å²) in [6.07, 6.45) is 3.56. The zero-order valence-electron chi connectivity index (χ0n) is 12.8. The maximum atomic E-state index is 14.3. The van der Waals surface area contributed by atoms with Crippen molar-refractivity contribution in [1.82, 2.24) is 25.4 Å². The molecule has 0 radical (unpaired) electrons. The van der Waals surface area contributed by atoms with Crippen LogP contribution in [0.2, 0.25) is 0 Å². The molecule has 0 saturated carbocycles. The number of aromatic nitrogens is 5. The summed E-state index contributed by atoms with van der Waals surface area (Å²) in [5, 5.41) is 14.0. The van der Waals surface area contributed by atoms with E-state index in [2.05, 4.69) is 25.4 Å². The summed E-state index contributed by atoms with van der Waals surface area (Å²) < 4.78 is 27.2. The maximum Gasteiger partial charge on any atom is 0.239 e. The second-order valence-electron chi connectivity index (χ2n) is 5.41. The van der Waals surface area contributed by atoms with Gasteiger partial charge in [0.15, 0.2) is 5.82 Å². The first-order chi connectivity index (χ1) is 12.1. The van der Waals surface area contributed by atoms with Crippen molar-refractivity contribution >= 4 is 29.0 Å². The molecule has 0 spiro atoms. The molecule has 0 amide bonds. The summed E-state index contributed by atoms with van der Waals surface area (Å²) in [6, 6.07) is 9.03. The van der Waals surface area contributed by atoms with Crippen LogP contribution in [0, 0.1) is 11.6 Å². The van der Waals surface area contributed by atoms with E-state index >= 15 is 0 Å². The van der Waals surface area contributed by atoms with Crippen molar-refractivity contribution in [3.63, 3.8) is 0 Å². The number of hydrogen-bond acceptors (Lipinski definition) is 4. The van der Waals surface area contributed by atoms with Crippen LogP contribution >= 0.6 is 0 Å². The molecule has 2 aromatic heterocycles. The Bertz CT molecular complexity index is 1080. The maximum absolute atomic E-state index is 14.3. The molecule has 0 bridgehead atoms. The van der Waals surface area contributed by atoms with Crippen LogP contribution in [0.15, 0.2) is 36.4 Å². The van der Waals surface area contributed by atoms with Crippen LogP contribution in [-0.4, -0.2) is 25.4 Å². The lowest BCUT2D eigenvalue weighted by molar-refractivity contribution is 0.627. The number of anilines is 1. The van der Waals surface area contributed by atoms with Gasteiger partial charge in [0.05, 0.1) is 16.8 Å². The standard InChI is InChI=1S/C17H12F2N6/c18-10-4-1-9(2-5-10)3-6-14-12-7-11(16-21-17(20)25-24-16)13(19)8-15(12)23-22-14/h1-8H,(H,22,23)(H3,20,21,24,25). The number of hydrogen-bond donors (Lipinski definition) is 3. The molecule has 0 aliphatic heterocycles. The van der Waals surface area contributed by atoms with Crippen LogP contribution in [0.5, 0.6) is 0 Å². The normalized spacial score (nSPS) is 11.6. The van der Waals surface area contributed by atoms with E-state index in [1.807, 2.05) is 0 Å². The molecule has 0 aliphatic rings. The van der Waals surface area contributed by atoms with E-state index in [9.17, 15) is 8.78 Å². The number of aromatic amines is 2. The van der Waals surface area contributed by atoms with Crippen LogP contribution in [-0.2, 0) is 0 Å². The Balaban J connectivity index is 1.76. The van der Waals surface area contributed by atoms with Gasteiger partial charge in [0.25, 0.3) is 0 Å². The largest absolute Gasteiger partial charge is 0.366 e. The highest BCUT2D eigenvalue weighted by Gasteiger charge is 2.14. The van der Waals surface area contributed by atoms with E-state index in [4.69, 9.17) is 5.73 Å². The fourth-order valence-electron chi connectivity index (χ4n) is 2.51. The molecule has 0 unspecified atom stereocenters. The fourth-order valence-corrected chi connectivity index (χ4v) is 2.51. The van der Waals surface area contributed by atoms with Crippen molar-refractivity contribution in [2.24, 2.45) is 0 Å². The first-order valence-electron chi connectivity index (χ1n) is 7.40. The highest BCUT2D eigenvalue weighted by molar-refractivity contribution is 5.92. The smallest absolute Gasteiger partial charge is 0.239 e.